The molecule has 2 fully saturated rings. The summed E-state index contributed by atoms with van der Waals surface area (Å²) in [5.41, 5.74) is 1.31. The first kappa shape index (κ1) is 16.9. The third-order valence-corrected chi connectivity index (χ3v) is 5.64. The lowest BCUT2D eigenvalue weighted by Crippen LogP contribution is -2.49. The van der Waals surface area contributed by atoms with Gasteiger partial charge in [0, 0.05) is 24.2 Å². The Balaban J connectivity index is 1.82. The van der Waals surface area contributed by atoms with E-state index in [0.717, 1.165) is 50.0 Å². The average Bonchev–Trinajstić information content (AvgIpc) is 3.07. The molecule has 1 aromatic carbocycles. The Labute approximate surface area is 146 Å². The van der Waals surface area contributed by atoms with Crippen LogP contribution in [0.15, 0.2) is 28.7 Å². The van der Waals surface area contributed by atoms with Crippen LogP contribution in [-0.4, -0.2) is 43.8 Å². The molecule has 0 bridgehead atoms. The minimum Gasteiger partial charge on any atom is -0.466 e. The number of carbonyl (C=O) groups is 1. The summed E-state index contributed by atoms with van der Waals surface area (Å²) >= 11 is 3.52. The Kier molecular flexibility index (Phi) is 5.39. The van der Waals surface area contributed by atoms with Gasteiger partial charge in [0.1, 0.15) is 0 Å². The number of ether oxygens (including phenoxy) is 2. The van der Waals surface area contributed by atoms with Gasteiger partial charge in [-0.05, 0) is 50.4 Å². The summed E-state index contributed by atoms with van der Waals surface area (Å²) in [4.78, 5) is 14.6. The number of halogens is 1. The second kappa shape index (κ2) is 7.32. The van der Waals surface area contributed by atoms with Gasteiger partial charge in [0.2, 0.25) is 0 Å². The number of nitrogens with zero attached hydrogens (tertiary/aromatic N) is 1. The van der Waals surface area contributed by atoms with Gasteiger partial charge in [0.05, 0.1) is 18.1 Å². The van der Waals surface area contributed by atoms with Crippen LogP contribution in [0.4, 0.5) is 0 Å². The van der Waals surface area contributed by atoms with Crippen molar-refractivity contribution in [2.45, 2.75) is 31.7 Å². The maximum atomic E-state index is 12.1. The first-order chi connectivity index (χ1) is 11.2. The summed E-state index contributed by atoms with van der Waals surface area (Å²) in [6.45, 7) is 5.61. The summed E-state index contributed by atoms with van der Waals surface area (Å²) in [6, 6.07) is 8.61. The largest absolute Gasteiger partial charge is 0.466 e. The number of rotatable bonds is 4. The molecule has 2 saturated heterocycles. The van der Waals surface area contributed by atoms with E-state index in [1.807, 2.05) is 6.92 Å². The molecule has 2 aliphatic rings. The van der Waals surface area contributed by atoms with Crippen LogP contribution in [0, 0.1) is 5.92 Å². The van der Waals surface area contributed by atoms with E-state index in [1.165, 1.54) is 5.56 Å². The van der Waals surface area contributed by atoms with Crippen molar-refractivity contribution in [3.8, 4) is 0 Å². The Morgan fingerprint density at radius 1 is 1.35 bits per heavy atom. The van der Waals surface area contributed by atoms with Gasteiger partial charge in [-0.2, -0.15) is 0 Å². The van der Waals surface area contributed by atoms with Gasteiger partial charge in [0.15, 0.2) is 0 Å². The van der Waals surface area contributed by atoms with Crippen LogP contribution in [-0.2, 0) is 19.8 Å². The molecular weight excluding hydrogens is 358 g/mol. The van der Waals surface area contributed by atoms with Gasteiger partial charge in [-0.15, -0.1) is 0 Å². The number of benzene rings is 1. The van der Waals surface area contributed by atoms with Gasteiger partial charge in [-0.3, -0.25) is 9.69 Å². The highest BCUT2D eigenvalue weighted by Crippen LogP contribution is 2.41. The van der Waals surface area contributed by atoms with E-state index in [1.54, 1.807) is 0 Å². The van der Waals surface area contributed by atoms with E-state index in [2.05, 4.69) is 45.1 Å². The first-order valence-electron chi connectivity index (χ1n) is 8.41. The van der Waals surface area contributed by atoms with Gasteiger partial charge < -0.3 is 9.47 Å². The molecule has 2 aliphatic heterocycles. The maximum Gasteiger partial charge on any atom is 0.310 e. The van der Waals surface area contributed by atoms with Crippen molar-refractivity contribution in [1.29, 1.82) is 0 Å². The summed E-state index contributed by atoms with van der Waals surface area (Å²) in [5, 5.41) is 0. The average molecular weight is 382 g/mol. The van der Waals surface area contributed by atoms with Gasteiger partial charge in [0.25, 0.3) is 0 Å². The van der Waals surface area contributed by atoms with E-state index in [9.17, 15) is 4.79 Å². The monoisotopic (exact) mass is 381 g/mol. The molecule has 1 atom stereocenters. The summed E-state index contributed by atoms with van der Waals surface area (Å²) in [5.74, 6) is -0.0434. The molecule has 126 valence electrons. The quantitative estimate of drug-likeness (QED) is 0.749. The molecule has 0 radical (unpaired) electrons. The van der Waals surface area contributed by atoms with E-state index in [-0.39, 0.29) is 17.4 Å². The molecule has 5 heteroatoms. The van der Waals surface area contributed by atoms with Crippen molar-refractivity contribution < 1.29 is 14.3 Å². The lowest BCUT2D eigenvalue weighted by Gasteiger charge is -2.45. The Morgan fingerprint density at radius 2 is 2.04 bits per heavy atom. The highest BCUT2D eigenvalue weighted by molar-refractivity contribution is 9.10. The predicted molar refractivity (Wildman–Crippen MR) is 92.2 cm³/mol. The van der Waals surface area contributed by atoms with Crippen molar-refractivity contribution in [3.05, 3.63) is 34.3 Å². The molecule has 0 aliphatic carbocycles. The van der Waals surface area contributed by atoms with Gasteiger partial charge >= 0.3 is 5.97 Å². The maximum absolute atomic E-state index is 12.1. The molecule has 0 aromatic heterocycles. The molecule has 2 heterocycles. The van der Waals surface area contributed by atoms with Gasteiger partial charge in [-0.1, -0.05) is 28.1 Å². The Morgan fingerprint density at radius 3 is 2.70 bits per heavy atom. The molecule has 0 amide bonds. The number of hydrogen-bond donors (Lipinski definition) is 0. The number of likely N-dealkylation sites (tertiary alicyclic amines) is 1. The number of hydrogen-bond acceptors (Lipinski definition) is 4. The standard InChI is InChI=1S/C18H24BrNO3/c1-2-23-17(21)14-7-10-20(13-14)18(8-11-22-12-9-18)15-3-5-16(19)6-4-15/h3-6,14H,2,7-13H2,1H3. The van der Waals surface area contributed by atoms with Gasteiger partial charge in [-0.25, -0.2) is 0 Å². The molecule has 0 saturated carbocycles. The van der Waals surface area contributed by atoms with Crippen LogP contribution in [0.2, 0.25) is 0 Å². The van der Waals surface area contributed by atoms with Crippen LogP contribution in [0.3, 0.4) is 0 Å². The van der Waals surface area contributed by atoms with Crippen LogP contribution < -0.4 is 0 Å². The number of esters is 1. The Bertz CT molecular complexity index is 540. The third kappa shape index (κ3) is 3.47. The first-order valence-corrected chi connectivity index (χ1v) is 9.20. The van der Waals surface area contributed by atoms with E-state index in [0.29, 0.717) is 6.61 Å². The van der Waals surface area contributed by atoms with Crippen molar-refractivity contribution in [3.63, 3.8) is 0 Å². The van der Waals surface area contributed by atoms with Crippen LogP contribution in [0.1, 0.15) is 31.7 Å². The molecule has 23 heavy (non-hydrogen) atoms. The molecule has 0 N–H and O–H groups in total. The lowest BCUT2D eigenvalue weighted by molar-refractivity contribution is -0.147. The highest BCUT2D eigenvalue weighted by atomic mass is 79.9. The zero-order valence-corrected chi connectivity index (χ0v) is 15.2. The van der Waals surface area contributed by atoms with Crippen LogP contribution >= 0.6 is 15.9 Å². The van der Waals surface area contributed by atoms with E-state index in [4.69, 9.17) is 9.47 Å². The topological polar surface area (TPSA) is 38.8 Å². The molecule has 3 rings (SSSR count). The smallest absolute Gasteiger partial charge is 0.310 e. The lowest BCUT2D eigenvalue weighted by atomic mass is 9.81. The third-order valence-electron chi connectivity index (χ3n) is 5.12. The second-order valence-corrected chi connectivity index (χ2v) is 7.25. The molecule has 1 unspecified atom stereocenters. The summed E-state index contributed by atoms with van der Waals surface area (Å²) in [7, 11) is 0. The molecule has 4 nitrogen and oxygen atoms in total. The van der Waals surface area contributed by atoms with Crippen molar-refractivity contribution in [1.82, 2.24) is 4.90 Å². The zero-order valence-electron chi connectivity index (χ0n) is 13.6. The molecule has 0 spiro atoms. The van der Waals surface area contributed by atoms with Crippen LogP contribution in [0.25, 0.3) is 0 Å². The van der Waals surface area contributed by atoms with Crippen molar-refractivity contribution in [2.24, 2.45) is 5.92 Å². The Hall–Kier alpha value is -0.910. The zero-order chi connectivity index (χ0) is 16.3. The van der Waals surface area contributed by atoms with E-state index < -0.39 is 0 Å². The summed E-state index contributed by atoms with van der Waals surface area (Å²) < 4.78 is 11.9. The SMILES string of the molecule is CCOC(=O)C1CCN(C2(c3ccc(Br)cc3)CCOCC2)C1. The normalized spacial score (nSPS) is 24.5. The molecule has 1 aromatic rings. The predicted octanol–water partition coefficient (Wildman–Crippen LogP) is 3.34. The second-order valence-electron chi connectivity index (χ2n) is 6.33. The fourth-order valence-electron chi connectivity index (χ4n) is 3.86. The fourth-order valence-corrected chi connectivity index (χ4v) is 4.12. The van der Waals surface area contributed by atoms with Crippen molar-refractivity contribution >= 4 is 21.9 Å². The molecular formula is C18H24BrNO3. The minimum absolute atomic E-state index is 0.00474. The number of carbonyl (C=O) groups excluding carboxylic acids is 1. The summed E-state index contributed by atoms with van der Waals surface area (Å²) in [6.07, 6.45) is 2.84. The van der Waals surface area contributed by atoms with Crippen LogP contribution in [0.5, 0.6) is 0 Å². The van der Waals surface area contributed by atoms with Crippen molar-refractivity contribution in [2.75, 3.05) is 32.9 Å². The highest BCUT2D eigenvalue weighted by Gasteiger charge is 2.44. The minimum atomic E-state index is -0.0481. The fraction of sp³-hybridized carbons (Fsp3) is 0.611. The van der Waals surface area contributed by atoms with E-state index >= 15 is 0 Å².